The molecule has 0 heterocycles. The van der Waals surface area contributed by atoms with Crippen molar-refractivity contribution in [2.45, 2.75) is 16.7 Å². The zero-order chi connectivity index (χ0) is 12.7. The second-order valence-electron chi connectivity index (χ2n) is 3.05. The topological polar surface area (TPSA) is 94.3 Å². The summed E-state index contributed by atoms with van der Waals surface area (Å²) >= 11 is 0. The van der Waals surface area contributed by atoms with E-state index in [2.05, 4.69) is 0 Å². The van der Waals surface area contributed by atoms with Crippen LogP contribution in [0.3, 0.4) is 0 Å². The lowest BCUT2D eigenvalue weighted by atomic mass is 10.2. The maximum absolute atomic E-state index is 11.1. The molecule has 0 radical (unpaired) electrons. The van der Waals surface area contributed by atoms with Gasteiger partial charge in [0.1, 0.15) is 9.79 Å². The minimum Gasteiger partial charge on any atom is -0.397 e. The summed E-state index contributed by atoms with van der Waals surface area (Å²) in [7, 11) is 2.00. The second-order valence-corrected chi connectivity index (χ2v) is 8.12. The summed E-state index contributed by atoms with van der Waals surface area (Å²) in [6.07, 6.45) is 0. The van der Waals surface area contributed by atoms with E-state index in [0.29, 0.717) is 5.56 Å². The predicted molar refractivity (Wildman–Crippen MR) is 61.7 cm³/mol. The van der Waals surface area contributed by atoms with Crippen LogP contribution in [0.15, 0.2) is 21.9 Å². The van der Waals surface area contributed by atoms with Crippen LogP contribution in [0.4, 0.5) is 5.69 Å². The molecule has 0 bridgehead atoms. The summed E-state index contributed by atoms with van der Waals surface area (Å²) in [5, 5.41) is 0. The second kappa shape index (κ2) is 4.06. The van der Waals surface area contributed by atoms with Crippen molar-refractivity contribution in [3.63, 3.8) is 0 Å². The monoisotopic (exact) mass is 303 g/mol. The Labute approximate surface area is 102 Å². The highest BCUT2D eigenvalue weighted by Gasteiger charge is 2.23. The smallest absolute Gasteiger partial charge is 0.263 e. The molecule has 1 aromatic rings. The molecule has 0 aromatic heterocycles. The summed E-state index contributed by atoms with van der Waals surface area (Å²) in [4.78, 5) is -0.929. The molecule has 1 aromatic carbocycles. The van der Waals surface area contributed by atoms with Crippen molar-refractivity contribution < 1.29 is 16.8 Å². The first-order valence-electron chi connectivity index (χ1n) is 3.83. The van der Waals surface area contributed by atoms with E-state index in [1.54, 1.807) is 0 Å². The van der Waals surface area contributed by atoms with E-state index >= 15 is 0 Å². The van der Waals surface area contributed by atoms with Gasteiger partial charge in [-0.25, -0.2) is 16.8 Å². The fraction of sp³-hybridized carbons (Fsp3) is 0.143. The van der Waals surface area contributed by atoms with E-state index in [9.17, 15) is 16.8 Å². The first-order valence-corrected chi connectivity index (χ1v) is 8.45. The average molecular weight is 304 g/mol. The number of anilines is 1. The van der Waals surface area contributed by atoms with Crippen molar-refractivity contribution in [3.05, 3.63) is 17.7 Å². The highest BCUT2D eigenvalue weighted by molar-refractivity contribution is 8.14. The summed E-state index contributed by atoms with van der Waals surface area (Å²) in [5.74, 6) is 0. The highest BCUT2D eigenvalue weighted by Crippen LogP contribution is 2.31. The van der Waals surface area contributed by atoms with Gasteiger partial charge in [-0.15, -0.1) is 0 Å². The number of hydrogen-bond acceptors (Lipinski definition) is 5. The lowest BCUT2D eigenvalue weighted by Crippen LogP contribution is -2.05. The van der Waals surface area contributed by atoms with Gasteiger partial charge in [-0.05, 0) is 24.6 Å². The molecule has 0 amide bonds. The standard InChI is InChI=1S/C7H7Cl2NO4S2/c1-4-2-5(15(8,11)12)7(10)6(3-4)16(9,13)14/h2-3H,10H2,1H3. The van der Waals surface area contributed by atoms with Crippen molar-refractivity contribution in [1.29, 1.82) is 0 Å². The maximum atomic E-state index is 11.1. The molecule has 0 aliphatic rings. The van der Waals surface area contributed by atoms with E-state index in [0.717, 1.165) is 0 Å². The van der Waals surface area contributed by atoms with Crippen LogP contribution in [0.5, 0.6) is 0 Å². The molecular formula is C7H7Cl2NO4S2. The fourth-order valence-electron chi connectivity index (χ4n) is 1.14. The summed E-state index contributed by atoms with van der Waals surface area (Å²) < 4.78 is 44.5. The Kier molecular flexibility index (Phi) is 3.45. The first-order chi connectivity index (χ1) is 7.03. The Bertz CT molecular complexity index is 583. The molecule has 5 nitrogen and oxygen atoms in total. The molecule has 0 fully saturated rings. The van der Waals surface area contributed by atoms with Gasteiger partial charge < -0.3 is 5.73 Å². The van der Waals surface area contributed by atoms with Crippen LogP contribution in [0.25, 0.3) is 0 Å². The Balaban J connectivity index is 3.78. The zero-order valence-corrected chi connectivity index (χ0v) is 11.1. The maximum Gasteiger partial charge on any atom is 0.263 e. The number of nitrogens with two attached hydrogens (primary N) is 1. The lowest BCUT2D eigenvalue weighted by Gasteiger charge is -2.07. The van der Waals surface area contributed by atoms with Crippen molar-refractivity contribution >= 4 is 45.2 Å². The highest BCUT2D eigenvalue weighted by atomic mass is 35.7. The third kappa shape index (κ3) is 2.79. The number of rotatable bonds is 2. The summed E-state index contributed by atoms with van der Waals surface area (Å²) in [6.45, 7) is 1.50. The van der Waals surface area contributed by atoms with E-state index in [1.807, 2.05) is 0 Å². The van der Waals surface area contributed by atoms with Gasteiger partial charge in [-0.2, -0.15) is 0 Å². The van der Waals surface area contributed by atoms with Gasteiger partial charge in [0, 0.05) is 21.4 Å². The van der Waals surface area contributed by atoms with Gasteiger partial charge in [0.05, 0.1) is 5.69 Å². The number of aryl methyl sites for hydroxylation is 1. The van der Waals surface area contributed by atoms with Crippen LogP contribution in [0.2, 0.25) is 0 Å². The molecule has 9 heteroatoms. The molecule has 0 saturated heterocycles. The van der Waals surface area contributed by atoms with Crippen molar-refractivity contribution in [3.8, 4) is 0 Å². The first kappa shape index (κ1) is 13.6. The van der Waals surface area contributed by atoms with Gasteiger partial charge >= 0.3 is 0 Å². The number of benzene rings is 1. The quantitative estimate of drug-likeness (QED) is 0.659. The third-order valence-electron chi connectivity index (χ3n) is 1.77. The Morgan fingerprint density at radius 2 is 1.31 bits per heavy atom. The van der Waals surface area contributed by atoms with Crippen LogP contribution in [0.1, 0.15) is 5.56 Å². The summed E-state index contributed by atoms with van der Waals surface area (Å²) in [6, 6.07) is 2.34. The van der Waals surface area contributed by atoms with Crippen LogP contribution >= 0.6 is 21.4 Å². The Hall–Kier alpha value is -0.500. The van der Waals surface area contributed by atoms with Gasteiger partial charge in [0.15, 0.2) is 0 Å². The van der Waals surface area contributed by atoms with E-state index in [4.69, 9.17) is 27.1 Å². The molecular weight excluding hydrogens is 297 g/mol. The Morgan fingerprint density at radius 1 is 1.00 bits per heavy atom. The van der Waals surface area contributed by atoms with Crippen LogP contribution in [0, 0.1) is 6.92 Å². The lowest BCUT2D eigenvalue weighted by molar-refractivity contribution is 0.608. The Morgan fingerprint density at radius 3 is 1.56 bits per heavy atom. The number of hydrogen-bond donors (Lipinski definition) is 1. The van der Waals surface area contributed by atoms with E-state index < -0.39 is 33.6 Å². The summed E-state index contributed by atoms with van der Waals surface area (Å²) in [5.41, 5.74) is 5.29. The van der Waals surface area contributed by atoms with Crippen LogP contribution < -0.4 is 5.73 Å². The zero-order valence-electron chi connectivity index (χ0n) is 7.94. The largest absolute Gasteiger partial charge is 0.397 e. The molecule has 0 saturated carbocycles. The van der Waals surface area contributed by atoms with Crippen molar-refractivity contribution in [2.24, 2.45) is 0 Å². The van der Waals surface area contributed by atoms with E-state index in [-0.39, 0.29) is 0 Å². The predicted octanol–water partition coefficient (Wildman–Crippen LogP) is 1.43. The normalized spacial score (nSPS) is 12.7. The molecule has 90 valence electrons. The molecule has 0 unspecified atom stereocenters. The molecule has 0 atom stereocenters. The fourth-order valence-corrected chi connectivity index (χ4v) is 3.36. The van der Waals surface area contributed by atoms with Gasteiger partial charge in [-0.1, -0.05) is 0 Å². The molecule has 1 rings (SSSR count). The third-order valence-corrected chi connectivity index (χ3v) is 4.50. The SMILES string of the molecule is Cc1cc(S(=O)(=O)Cl)c(N)c(S(=O)(=O)Cl)c1. The minimum atomic E-state index is -4.11. The van der Waals surface area contributed by atoms with Gasteiger partial charge in [0.25, 0.3) is 18.1 Å². The minimum absolute atomic E-state index is 0.368. The van der Waals surface area contributed by atoms with Gasteiger partial charge in [-0.3, -0.25) is 0 Å². The van der Waals surface area contributed by atoms with Crippen molar-refractivity contribution in [2.75, 3.05) is 5.73 Å². The molecule has 0 aliphatic carbocycles. The number of nitrogen functional groups attached to an aromatic ring is 1. The molecule has 16 heavy (non-hydrogen) atoms. The number of halogens is 2. The molecule has 0 aliphatic heterocycles. The van der Waals surface area contributed by atoms with Gasteiger partial charge in [0.2, 0.25) is 0 Å². The van der Waals surface area contributed by atoms with Crippen LogP contribution in [-0.2, 0) is 18.1 Å². The van der Waals surface area contributed by atoms with E-state index in [1.165, 1.54) is 19.1 Å². The molecule has 2 N–H and O–H groups in total. The van der Waals surface area contributed by atoms with Crippen molar-refractivity contribution in [1.82, 2.24) is 0 Å². The molecule has 0 spiro atoms. The van der Waals surface area contributed by atoms with Crippen LogP contribution in [-0.4, -0.2) is 16.8 Å². The average Bonchev–Trinajstić information content (AvgIpc) is 2.04.